The Morgan fingerprint density at radius 2 is 1.38 bits per heavy atom. The molecular weight excluding hydrogens is 510 g/mol. The highest BCUT2D eigenvalue weighted by Crippen LogP contribution is 2.22. The fourth-order valence-electron chi connectivity index (χ4n) is 3.87. The Morgan fingerprint density at radius 1 is 0.769 bits per heavy atom. The molecule has 0 spiro atoms. The molecule has 0 fully saturated rings. The van der Waals surface area contributed by atoms with Crippen LogP contribution in [-0.4, -0.2) is 36.7 Å². The maximum Gasteiger partial charge on any atom is 0.260 e. The van der Waals surface area contributed by atoms with Gasteiger partial charge in [-0.25, -0.2) is 0 Å². The first-order chi connectivity index (χ1) is 19.0. The van der Waals surface area contributed by atoms with Crippen LogP contribution >= 0.6 is 12.2 Å². The molecule has 7 nitrogen and oxygen atoms in total. The van der Waals surface area contributed by atoms with Crippen molar-refractivity contribution in [2.45, 2.75) is 6.92 Å². The van der Waals surface area contributed by atoms with Crippen LogP contribution in [0.3, 0.4) is 0 Å². The molecule has 4 aromatic carbocycles. The third-order valence-electron chi connectivity index (χ3n) is 5.72. The number of anilines is 2. The zero-order valence-electron chi connectivity index (χ0n) is 21.5. The van der Waals surface area contributed by atoms with Crippen molar-refractivity contribution < 1.29 is 19.1 Å². The quantitative estimate of drug-likeness (QED) is 0.192. The number of hydrogen-bond acceptors (Lipinski definition) is 5. The molecule has 4 aromatic rings. The number of amides is 2. The van der Waals surface area contributed by atoms with Crippen molar-refractivity contribution in [2.75, 3.05) is 30.0 Å². The summed E-state index contributed by atoms with van der Waals surface area (Å²) >= 11 is 5.40. The molecule has 198 valence electrons. The topological polar surface area (TPSA) is 79.9 Å². The van der Waals surface area contributed by atoms with Gasteiger partial charge in [0.25, 0.3) is 11.8 Å². The van der Waals surface area contributed by atoms with E-state index in [1.807, 2.05) is 67.6 Å². The van der Waals surface area contributed by atoms with Crippen molar-refractivity contribution >= 4 is 40.5 Å². The Labute approximate surface area is 233 Å². The first-order valence-corrected chi connectivity index (χ1v) is 12.9. The Kier molecular flexibility index (Phi) is 9.63. The molecule has 0 radical (unpaired) electrons. The molecule has 4 rings (SSSR count). The fourth-order valence-corrected chi connectivity index (χ4v) is 4.07. The zero-order valence-corrected chi connectivity index (χ0v) is 22.3. The van der Waals surface area contributed by atoms with Gasteiger partial charge in [0, 0.05) is 17.8 Å². The number of ether oxygens (including phenoxy) is 2. The van der Waals surface area contributed by atoms with E-state index in [1.54, 1.807) is 53.4 Å². The van der Waals surface area contributed by atoms with E-state index in [0.717, 1.165) is 11.4 Å². The second-order valence-electron chi connectivity index (χ2n) is 8.38. The summed E-state index contributed by atoms with van der Waals surface area (Å²) in [6.45, 7) is 3.10. The molecule has 8 heteroatoms. The SMILES string of the molecule is CCN(C(=O)c1ccccc1NC(=S)NC(=O)c1cccc(OCCOc2ccccc2)c1)c1ccccc1. The molecular formula is C31H29N3O4S. The highest BCUT2D eigenvalue weighted by Gasteiger charge is 2.20. The van der Waals surface area contributed by atoms with Gasteiger partial charge in [0.1, 0.15) is 24.7 Å². The van der Waals surface area contributed by atoms with Crippen LogP contribution in [0.25, 0.3) is 0 Å². The molecule has 39 heavy (non-hydrogen) atoms. The van der Waals surface area contributed by atoms with E-state index in [4.69, 9.17) is 21.7 Å². The molecule has 0 aliphatic rings. The number of thiocarbonyl (C=S) groups is 1. The Hall–Kier alpha value is -4.69. The summed E-state index contributed by atoms with van der Waals surface area (Å²) in [6.07, 6.45) is 0. The number of carbonyl (C=O) groups excluding carboxylic acids is 2. The van der Waals surface area contributed by atoms with Gasteiger partial charge in [0.05, 0.1) is 11.3 Å². The van der Waals surface area contributed by atoms with Gasteiger partial charge in [-0.3, -0.25) is 14.9 Å². The van der Waals surface area contributed by atoms with Crippen LogP contribution in [-0.2, 0) is 0 Å². The maximum absolute atomic E-state index is 13.4. The average molecular weight is 540 g/mol. The lowest BCUT2D eigenvalue weighted by Crippen LogP contribution is -2.35. The summed E-state index contributed by atoms with van der Waals surface area (Å²) in [5.41, 5.74) is 2.11. The number of para-hydroxylation sites is 3. The van der Waals surface area contributed by atoms with Crippen LogP contribution in [0.4, 0.5) is 11.4 Å². The summed E-state index contributed by atoms with van der Waals surface area (Å²) in [5.74, 6) is 0.722. The van der Waals surface area contributed by atoms with Gasteiger partial charge in [0.2, 0.25) is 0 Å². The second kappa shape index (κ2) is 13.7. The van der Waals surface area contributed by atoms with E-state index in [-0.39, 0.29) is 11.0 Å². The number of benzene rings is 4. The second-order valence-corrected chi connectivity index (χ2v) is 8.78. The molecule has 0 atom stereocenters. The monoisotopic (exact) mass is 539 g/mol. The van der Waals surface area contributed by atoms with E-state index < -0.39 is 5.91 Å². The van der Waals surface area contributed by atoms with Crippen LogP contribution in [0, 0.1) is 0 Å². The minimum absolute atomic E-state index is 0.0746. The minimum atomic E-state index is -0.401. The Morgan fingerprint density at radius 3 is 2.10 bits per heavy atom. The number of nitrogens with one attached hydrogen (secondary N) is 2. The normalized spacial score (nSPS) is 10.3. The standard InChI is InChI=1S/C31H29N3O4S/c1-2-34(24-13-5-3-6-14-24)30(36)27-18-9-10-19-28(27)32-31(39)33-29(35)23-12-11-17-26(22-23)38-21-20-37-25-15-7-4-8-16-25/h3-19,22H,2,20-21H2,1H3,(H2,32,33,35,39). The summed E-state index contributed by atoms with van der Waals surface area (Å²) in [4.78, 5) is 27.9. The molecule has 0 aliphatic heterocycles. The Balaban J connectivity index is 1.35. The third-order valence-corrected chi connectivity index (χ3v) is 5.93. The number of nitrogens with zero attached hydrogens (tertiary/aromatic N) is 1. The molecule has 0 saturated heterocycles. The zero-order chi connectivity index (χ0) is 27.5. The van der Waals surface area contributed by atoms with Gasteiger partial charge >= 0.3 is 0 Å². The number of hydrogen-bond donors (Lipinski definition) is 2. The lowest BCUT2D eigenvalue weighted by atomic mass is 10.1. The van der Waals surface area contributed by atoms with E-state index in [2.05, 4.69) is 10.6 Å². The maximum atomic E-state index is 13.4. The van der Waals surface area contributed by atoms with Gasteiger partial charge in [-0.15, -0.1) is 0 Å². The van der Waals surface area contributed by atoms with Crippen LogP contribution in [0.1, 0.15) is 27.6 Å². The van der Waals surface area contributed by atoms with Crippen molar-refractivity contribution in [3.8, 4) is 11.5 Å². The molecule has 0 bridgehead atoms. The molecule has 2 amide bonds. The van der Waals surface area contributed by atoms with Gasteiger partial charge in [-0.2, -0.15) is 0 Å². The van der Waals surface area contributed by atoms with Crippen LogP contribution < -0.4 is 25.0 Å². The fraction of sp³-hybridized carbons (Fsp3) is 0.129. The Bertz CT molecular complexity index is 1410. The van der Waals surface area contributed by atoms with Crippen molar-refractivity contribution in [3.05, 3.63) is 120 Å². The molecule has 0 saturated carbocycles. The van der Waals surface area contributed by atoms with E-state index in [1.165, 1.54) is 0 Å². The number of carbonyl (C=O) groups is 2. The third kappa shape index (κ3) is 7.66. The van der Waals surface area contributed by atoms with E-state index in [9.17, 15) is 9.59 Å². The van der Waals surface area contributed by atoms with Gasteiger partial charge in [-0.1, -0.05) is 54.6 Å². The molecule has 2 N–H and O–H groups in total. The average Bonchev–Trinajstić information content (AvgIpc) is 2.97. The highest BCUT2D eigenvalue weighted by molar-refractivity contribution is 7.80. The van der Waals surface area contributed by atoms with Crippen molar-refractivity contribution in [1.29, 1.82) is 0 Å². The molecule has 0 aromatic heterocycles. The lowest BCUT2D eigenvalue weighted by molar-refractivity contribution is 0.0974. The predicted molar refractivity (Wildman–Crippen MR) is 158 cm³/mol. The summed E-state index contributed by atoms with van der Waals surface area (Å²) in [7, 11) is 0. The van der Waals surface area contributed by atoms with Crippen molar-refractivity contribution in [3.63, 3.8) is 0 Å². The molecule has 0 aliphatic carbocycles. The van der Waals surface area contributed by atoms with Crippen molar-refractivity contribution in [1.82, 2.24) is 5.32 Å². The van der Waals surface area contributed by atoms with Crippen molar-refractivity contribution in [2.24, 2.45) is 0 Å². The van der Waals surface area contributed by atoms with E-state index >= 15 is 0 Å². The van der Waals surface area contributed by atoms with Gasteiger partial charge in [-0.05, 0) is 73.7 Å². The largest absolute Gasteiger partial charge is 0.490 e. The van der Waals surface area contributed by atoms with Crippen LogP contribution in [0.2, 0.25) is 0 Å². The summed E-state index contributed by atoms with van der Waals surface area (Å²) in [5, 5.41) is 5.75. The smallest absolute Gasteiger partial charge is 0.260 e. The number of rotatable bonds is 10. The lowest BCUT2D eigenvalue weighted by Gasteiger charge is -2.23. The van der Waals surface area contributed by atoms with Gasteiger partial charge < -0.3 is 19.7 Å². The van der Waals surface area contributed by atoms with E-state index in [0.29, 0.717) is 42.3 Å². The van der Waals surface area contributed by atoms with Gasteiger partial charge in [0.15, 0.2) is 5.11 Å². The predicted octanol–water partition coefficient (Wildman–Crippen LogP) is 5.94. The summed E-state index contributed by atoms with van der Waals surface area (Å²) in [6, 6.07) is 32.8. The molecule has 0 unspecified atom stereocenters. The highest BCUT2D eigenvalue weighted by atomic mass is 32.1. The first-order valence-electron chi connectivity index (χ1n) is 12.5. The van der Waals surface area contributed by atoms with Crippen LogP contribution in [0.5, 0.6) is 11.5 Å². The first kappa shape index (κ1) is 27.3. The molecule has 0 heterocycles. The summed E-state index contributed by atoms with van der Waals surface area (Å²) < 4.78 is 11.4. The van der Waals surface area contributed by atoms with Crippen LogP contribution in [0.15, 0.2) is 109 Å². The minimum Gasteiger partial charge on any atom is -0.490 e.